The van der Waals surface area contributed by atoms with Gasteiger partial charge in [0.15, 0.2) is 18.2 Å². The van der Waals surface area contributed by atoms with Crippen molar-refractivity contribution in [1.82, 2.24) is 0 Å². The SMILES string of the molecule is [N-]=[N+]=NCOc1cc(C(=O)ON)c([N+](=O)[O-])cc1OC(=O)c1ccccc1. The molecule has 0 heterocycles. The fourth-order valence-corrected chi connectivity index (χ4v) is 1.98. The number of benzene rings is 2. The van der Waals surface area contributed by atoms with Crippen molar-refractivity contribution in [2.75, 3.05) is 6.73 Å². The van der Waals surface area contributed by atoms with Crippen LogP contribution in [-0.4, -0.2) is 23.6 Å². The van der Waals surface area contributed by atoms with Crippen LogP contribution in [0.15, 0.2) is 47.6 Å². The van der Waals surface area contributed by atoms with Crippen molar-refractivity contribution in [3.05, 3.63) is 74.1 Å². The Labute approximate surface area is 150 Å². The van der Waals surface area contributed by atoms with E-state index in [-0.39, 0.29) is 17.1 Å². The number of azide groups is 1. The summed E-state index contributed by atoms with van der Waals surface area (Å²) in [5, 5.41) is 14.4. The molecule has 0 saturated heterocycles. The minimum absolute atomic E-state index is 0.173. The number of nitrogens with two attached hydrogens (primary N) is 1. The number of hydrogen-bond donors (Lipinski definition) is 1. The second-order valence-corrected chi connectivity index (χ2v) is 4.74. The molecule has 2 rings (SSSR count). The minimum atomic E-state index is -1.21. The van der Waals surface area contributed by atoms with E-state index < -0.39 is 34.8 Å². The lowest BCUT2D eigenvalue weighted by Gasteiger charge is -2.12. The molecule has 0 aromatic heterocycles. The highest BCUT2D eigenvalue weighted by molar-refractivity contribution is 5.96. The van der Waals surface area contributed by atoms with E-state index in [0.29, 0.717) is 0 Å². The first-order chi connectivity index (χ1) is 13.0. The average molecular weight is 373 g/mol. The zero-order valence-corrected chi connectivity index (χ0v) is 13.5. The van der Waals surface area contributed by atoms with Crippen molar-refractivity contribution in [3.63, 3.8) is 0 Å². The van der Waals surface area contributed by atoms with E-state index in [9.17, 15) is 19.7 Å². The first-order valence-corrected chi connectivity index (χ1v) is 7.12. The molecule has 0 aliphatic heterocycles. The van der Waals surface area contributed by atoms with Gasteiger partial charge in [-0.1, -0.05) is 23.3 Å². The molecule has 12 heteroatoms. The Morgan fingerprint density at radius 2 is 1.89 bits per heavy atom. The molecule has 2 aromatic carbocycles. The summed E-state index contributed by atoms with van der Waals surface area (Å²) in [5.74, 6) is 2.11. The maximum Gasteiger partial charge on any atom is 0.363 e. The molecule has 0 atom stereocenters. The highest BCUT2D eigenvalue weighted by Crippen LogP contribution is 2.35. The van der Waals surface area contributed by atoms with Crippen molar-refractivity contribution >= 4 is 17.6 Å². The summed E-state index contributed by atoms with van der Waals surface area (Å²) in [5.41, 5.74) is 7.22. The van der Waals surface area contributed by atoms with Crippen LogP contribution in [0, 0.1) is 10.1 Å². The van der Waals surface area contributed by atoms with E-state index in [1.54, 1.807) is 18.2 Å². The predicted octanol–water partition coefficient (Wildman–Crippen LogP) is 2.49. The lowest BCUT2D eigenvalue weighted by molar-refractivity contribution is -0.385. The van der Waals surface area contributed by atoms with Gasteiger partial charge in [0.05, 0.1) is 16.6 Å². The van der Waals surface area contributed by atoms with Crippen molar-refractivity contribution in [1.29, 1.82) is 0 Å². The van der Waals surface area contributed by atoms with Crippen LogP contribution in [0.1, 0.15) is 20.7 Å². The Morgan fingerprint density at radius 1 is 1.19 bits per heavy atom. The molecule has 0 radical (unpaired) electrons. The Balaban J connectivity index is 2.49. The quantitative estimate of drug-likeness (QED) is 0.146. The summed E-state index contributed by atoms with van der Waals surface area (Å²) in [6, 6.07) is 9.52. The maximum atomic E-state index is 12.2. The third-order valence-corrected chi connectivity index (χ3v) is 3.14. The Morgan fingerprint density at radius 3 is 2.48 bits per heavy atom. The predicted molar refractivity (Wildman–Crippen MR) is 88.7 cm³/mol. The van der Waals surface area contributed by atoms with E-state index >= 15 is 0 Å². The molecular weight excluding hydrogens is 362 g/mol. The summed E-state index contributed by atoms with van der Waals surface area (Å²) in [4.78, 5) is 40.7. The van der Waals surface area contributed by atoms with Gasteiger partial charge < -0.3 is 14.3 Å². The van der Waals surface area contributed by atoms with Gasteiger partial charge in [-0.05, 0) is 17.7 Å². The van der Waals surface area contributed by atoms with Gasteiger partial charge in [0.25, 0.3) is 5.69 Å². The van der Waals surface area contributed by atoms with Gasteiger partial charge in [0.1, 0.15) is 5.56 Å². The van der Waals surface area contributed by atoms with E-state index in [4.69, 9.17) is 20.9 Å². The van der Waals surface area contributed by atoms with Gasteiger partial charge in [-0.2, -0.15) is 5.90 Å². The minimum Gasteiger partial charge on any atom is -0.484 e. The molecule has 0 aliphatic carbocycles. The van der Waals surface area contributed by atoms with E-state index in [2.05, 4.69) is 14.9 Å². The second-order valence-electron chi connectivity index (χ2n) is 4.74. The van der Waals surface area contributed by atoms with Crippen molar-refractivity contribution < 1.29 is 28.8 Å². The molecule has 0 aliphatic rings. The molecule has 138 valence electrons. The first-order valence-electron chi connectivity index (χ1n) is 7.12. The number of carbonyl (C=O) groups is 2. The largest absolute Gasteiger partial charge is 0.484 e. The summed E-state index contributed by atoms with van der Waals surface area (Å²) in [6.45, 7) is -0.526. The summed E-state index contributed by atoms with van der Waals surface area (Å²) in [6.07, 6.45) is 0. The van der Waals surface area contributed by atoms with Crippen molar-refractivity contribution in [2.45, 2.75) is 0 Å². The third kappa shape index (κ3) is 4.69. The molecule has 0 fully saturated rings. The molecule has 2 aromatic rings. The van der Waals surface area contributed by atoms with Crippen LogP contribution in [0.25, 0.3) is 10.4 Å². The standard InChI is InChI=1S/C15H11N5O7/c16-19-18-8-25-12-6-10(15(22)27-17)11(20(23)24)7-13(12)26-14(21)9-4-2-1-3-5-9/h1-7H,8,17H2. The zero-order chi connectivity index (χ0) is 19.8. The van der Waals surface area contributed by atoms with Gasteiger partial charge in [-0.25, -0.2) is 9.59 Å². The fourth-order valence-electron chi connectivity index (χ4n) is 1.98. The number of nitrogens with zero attached hydrogens (tertiary/aromatic N) is 4. The van der Waals surface area contributed by atoms with Gasteiger partial charge in [0.2, 0.25) is 0 Å². The van der Waals surface area contributed by atoms with Gasteiger partial charge in [0, 0.05) is 11.0 Å². The zero-order valence-electron chi connectivity index (χ0n) is 13.5. The first kappa shape index (κ1) is 19.2. The normalized spacial score (nSPS) is 9.67. The van der Waals surface area contributed by atoms with Gasteiger partial charge in [-0.3, -0.25) is 10.1 Å². The fraction of sp³-hybridized carbons (Fsp3) is 0.0667. The molecule has 12 nitrogen and oxygen atoms in total. The topological polar surface area (TPSA) is 180 Å². The second kappa shape index (κ2) is 8.80. The van der Waals surface area contributed by atoms with Gasteiger partial charge >= 0.3 is 11.9 Å². The highest BCUT2D eigenvalue weighted by atomic mass is 16.7. The Bertz CT molecular complexity index is 926. The smallest absolute Gasteiger partial charge is 0.363 e. The summed E-state index contributed by atoms with van der Waals surface area (Å²) >= 11 is 0. The summed E-state index contributed by atoms with van der Waals surface area (Å²) in [7, 11) is 0. The molecule has 2 N–H and O–H groups in total. The molecule has 0 spiro atoms. The van der Waals surface area contributed by atoms with Crippen LogP contribution in [0.2, 0.25) is 0 Å². The van der Waals surface area contributed by atoms with E-state index in [1.165, 1.54) is 12.1 Å². The number of hydrogen-bond acceptors (Lipinski definition) is 9. The number of esters is 1. The lowest BCUT2D eigenvalue weighted by Crippen LogP contribution is -2.14. The number of nitro benzene ring substituents is 1. The van der Waals surface area contributed by atoms with E-state index in [1.807, 2.05) is 0 Å². The van der Waals surface area contributed by atoms with Crippen molar-refractivity contribution in [3.8, 4) is 11.5 Å². The molecule has 0 saturated carbocycles. The Kier molecular flexibility index (Phi) is 6.25. The van der Waals surface area contributed by atoms with Crippen LogP contribution in [0.5, 0.6) is 11.5 Å². The lowest BCUT2D eigenvalue weighted by atomic mass is 10.1. The summed E-state index contributed by atoms with van der Waals surface area (Å²) < 4.78 is 10.3. The van der Waals surface area contributed by atoms with Crippen LogP contribution >= 0.6 is 0 Å². The average Bonchev–Trinajstić information content (AvgIpc) is 2.68. The highest BCUT2D eigenvalue weighted by Gasteiger charge is 2.27. The van der Waals surface area contributed by atoms with Crippen LogP contribution < -0.4 is 15.4 Å². The number of carbonyl (C=O) groups excluding carboxylic acids is 2. The van der Waals surface area contributed by atoms with Crippen LogP contribution in [0.3, 0.4) is 0 Å². The Hall–Kier alpha value is -4.15. The molecular formula is C15H11N5O7. The molecule has 0 amide bonds. The third-order valence-electron chi connectivity index (χ3n) is 3.14. The van der Waals surface area contributed by atoms with E-state index in [0.717, 1.165) is 12.1 Å². The number of nitro groups is 1. The number of rotatable bonds is 7. The monoisotopic (exact) mass is 373 g/mol. The van der Waals surface area contributed by atoms with Crippen LogP contribution in [-0.2, 0) is 4.84 Å². The maximum absolute atomic E-state index is 12.2. The molecule has 0 unspecified atom stereocenters. The number of ether oxygens (including phenoxy) is 2. The molecule has 27 heavy (non-hydrogen) atoms. The van der Waals surface area contributed by atoms with Crippen molar-refractivity contribution in [2.24, 2.45) is 11.0 Å². The molecule has 0 bridgehead atoms. The van der Waals surface area contributed by atoms with Crippen LogP contribution in [0.4, 0.5) is 5.69 Å². The van der Waals surface area contributed by atoms with Gasteiger partial charge in [-0.15, -0.1) is 0 Å².